The summed E-state index contributed by atoms with van der Waals surface area (Å²) in [7, 11) is 1.79. The average Bonchev–Trinajstić information content (AvgIpc) is 2.93. The van der Waals surface area contributed by atoms with Crippen LogP contribution in [0.15, 0.2) is 30.5 Å². The number of nitrogens with one attached hydrogen (secondary N) is 2. The SMILES string of the molecule is CN(Cc1cnc2nc(N)nc(N)c2n1)c1ccc(C(=O)N[C@@H](CCC(=O)N[C@@H](CCC(N)=O)C(=O)O)C(=O)O)cc1. The standard InChI is InChI=1S/C25H30N10O7/c1-35(11-13-10-29-21-19(30-13)20(27)33-25(28)34-21)14-4-2-12(3-5-14)22(38)32-16(24(41)42)7-9-18(37)31-15(23(39)40)6-8-17(26)36/h2-5,10,15-16H,6-9,11H2,1H3,(H2,26,36)(H,31,37)(H,32,38)(H,39,40)(H,41,42)(H4,27,28,29,33,34)/t15-,16-/m0/s1. The number of hydrogen-bond donors (Lipinski definition) is 7. The molecule has 3 amide bonds. The monoisotopic (exact) mass is 582 g/mol. The first-order valence-electron chi connectivity index (χ1n) is 12.5. The van der Waals surface area contributed by atoms with E-state index in [2.05, 4.69) is 30.6 Å². The minimum atomic E-state index is -1.42. The number of aliphatic carboxylic acids is 2. The number of benzene rings is 1. The van der Waals surface area contributed by atoms with Gasteiger partial charge in [0.25, 0.3) is 5.91 Å². The number of carboxylic acids is 2. The average molecular weight is 583 g/mol. The van der Waals surface area contributed by atoms with Gasteiger partial charge in [0, 0.05) is 31.1 Å². The van der Waals surface area contributed by atoms with Gasteiger partial charge in [-0.15, -0.1) is 0 Å². The number of fused-ring (bicyclic) bond motifs is 1. The van der Waals surface area contributed by atoms with Crippen LogP contribution in [-0.2, 0) is 25.7 Å². The van der Waals surface area contributed by atoms with Gasteiger partial charge in [-0.05, 0) is 37.1 Å². The zero-order valence-corrected chi connectivity index (χ0v) is 22.5. The summed E-state index contributed by atoms with van der Waals surface area (Å²) in [5.41, 5.74) is 18.5. The molecule has 2 heterocycles. The zero-order chi connectivity index (χ0) is 31.0. The molecule has 0 aliphatic rings. The molecule has 10 N–H and O–H groups in total. The molecule has 0 aliphatic heterocycles. The predicted octanol–water partition coefficient (Wildman–Crippen LogP) is -0.981. The Balaban J connectivity index is 1.57. The molecule has 0 spiro atoms. The van der Waals surface area contributed by atoms with Crippen LogP contribution in [0.2, 0.25) is 0 Å². The van der Waals surface area contributed by atoms with Crippen molar-refractivity contribution in [2.45, 2.75) is 44.3 Å². The van der Waals surface area contributed by atoms with Crippen LogP contribution in [0.4, 0.5) is 17.5 Å². The van der Waals surface area contributed by atoms with E-state index in [1.165, 1.54) is 18.3 Å². The number of hydrogen-bond acceptors (Lipinski definition) is 12. The molecule has 0 unspecified atom stereocenters. The second kappa shape index (κ2) is 13.6. The number of anilines is 3. The van der Waals surface area contributed by atoms with Crippen molar-refractivity contribution in [3.05, 3.63) is 41.7 Å². The molecule has 2 aromatic heterocycles. The summed E-state index contributed by atoms with van der Waals surface area (Å²) in [6, 6.07) is 3.54. The number of rotatable bonds is 14. The van der Waals surface area contributed by atoms with Gasteiger partial charge in [-0.3, -0.25) is 14.4 Å². The van der Waals surface area contributed by atoms with E-state index in [4.69, 9.17) is 17.2 Å². The fourth-order valence-electron chi connectivity index (χ4n) is 3.85. The second-order valence-corrected chi connectivity index (χ2v) is 9.27. The molecular formula is C25H30N10O7. The molecule has 0 radical (unpaired) electrons. The maximum absolute atomic E-state index is 12.7. The van der Waals surface area contributed by atoms with Crippen molar-refractivity contribution in [1.29, 1.82) is 0 Å². The van der Waals surface area contributed by atoms with E-state index in [0.717, 1.165) is 0 Å². The fraction of sp³-hybridized carbons (Fsp3) is 0.320. The minimum Gasteiger partial charge on any atom is -0.480 e. The number of aromatic nitrogens is 4. The molecule has 0 bridgehead atoms. The van der Waals surface area contributed by atoms with Crippen LogP contribution in [0.1, 0.15) is 41.7 Å². The molecular weight excluding hydrogens is 552 g/mol. The first-order valence-corrected chi connectivity index (χ1v) is 12.5. The lowest BCUT2D eigenvalue weighted by Gasteiger charge is -2.20. The Hall–Kier alpha value is -5.61. The Bertz CT molecular complexity index is 1500. The molecule has 0 aliphatic carbocycles. The van der Waals surface area contributed by atoms with Gasteiger partial charge in [-0.2, -0.15) is 9.97 Å². The van der Waals surface area contributed by atoms with Gasteiger partial charge in [0.05, 0.1) is 18.4 Å². The molecule has 3 aromatic rings. The van der Waals surface area contributed by atoms with Crippen molar-refractivity contribution >= 4 is 58.3 Å². The van der Waals surface area contributed by atoms with Gasteiger partial charge >= 0.3 is 11.9 Å². The molecule has 0 saturated heterocycles. The third-order valence-corrected chi connectivity index (χ3v) is 6.05. The number of primary amides is 1. The summed E-state index contributed by atoms with van der Waals surface area (Å²) >= 11 is 0. The van der Waals surface area contributed by atoms with Crippen LogP contribution in [0, 0.1) is 0 Å². The number of amides is 3. The van der Waals surface area contributed by atoms with E-state index >= 15 is 0 Å². The largest absolute Gasteiger partial charge is 0.480 e. The molecule has 1 aromatic carbocycles. The number of carboxylic acid groups (broad SMARTS) is 2. The number of nitrogen functional groups attached to an aromatic ring is 2. The van der Waals surface area contributed by atoms with Crippen LogP contribution in [0.5, 0.6) is 0 Å². The number of nitrogens with two attached hydrogens (primary N) is 3. The Kier molecular flexibility index (Phi) is 10.0. The van der Waals surface area contributed by atoms with E-state index in [1.807, 2.05) is 4.90 Å². The molecule has 17 nitrogen and oxygen atoms in total. The molecule has 42 heavy (non-hydrogen) atoms. The van der Waals surface area contributed by atoms with Crippen molar-refractivity contribution < 1.29 is 34.2 Å². The maximum Gasteiger partial charge on any atom is 0.326 e. The van der Waals surface area contributed by atoms with Gasteiger partial charge in [-0.1, -0.05) is 0 Å². The molecule has 2 atom stereocenters. The van der Waals surface area contributed by atoms with Crippen LogP contribution in [0.3, 0.4) is 0 Å². The quantitative estimate of drug-likeness (QED) is 0.120. The molecule has 222 valence electrons. The van der Waals surface area contributed by atoms with Gasteiger partial charge in [0.1, 0.15) is 12.1 Å². The summed E-state index contributed by atoms with van der Waals surface area (Å²) in [5, 5.41) is 23.3. The van der Waals surface area contributed by atoms with Crippen LogP contribution in [0.25, 0.3) is 11.2 Å². The summed E-state index contributed by atoms with van der Waals surface area (Å²) in [5.74, 6) is -4.80. The van der Waals surface area contributed by atoms with E-state index in [9.17, 15) is 34.2 Å². The number of nitrogens with zero attached hydrogens (tertiary/aromatic N) is 5. The summed E-state index contributed by atoms with van der Waals surface area (Å²) in [4.78, 5) is 77.1. The van der Waals surface area contributed by atoms with Crippen molar-refractivity contribution in [2.24, 2.45) is 5.73 Å². The normalized spacial score (nSPS) is 12.2. The van der Waals surface area contributed by atoms with Gasteiger partial charge < -0.3 is 42.9 Å². The fourth-order valence-corrected chi connectivity index (χ4v) is 3.85. The maximum atomic E-state index is 12.7. The third kappa shape index (κ3) is 8.44. The van der Waals surface area contributed by atoms with Crippen molar-refractivity contribution in [1.82, 2.24) is 30.6 Å². The lowest BCUT2D eigenvalue weighted by molar-refractivity contribution is -0.143. The highest BCUT2D eigenvalue weighted by Crippen LogP contribution is 2.19. The van der Waals surface area contributed by atoms with Crippen molar-refractivity contribution in [2.75, 3.05) is 23.4 Å². The van der Waals surface area contributed by atoms with Gasteiger partial charge in [-0.25, -0.2) is 19.6 Å². The molecule has 17 heteroatoms. The highest BCUT2D eigenvalue weighted by molar-refractivity contribution is 5.97. The highest BCUT2D eigenvalue weighted by atomic mass is 16.4. The first kappa shape index (κ1) is 30.9. The lowest BCUT2D eigenvalue weighted by Crippen LogP contribution is -2.44. The summed E-state index contributed by atoms with van der Waals surface area (Å²) < 4.78 is 0. The Morgan fingerprint density at radius 3 is 2.14 bits per heavy atom. The third-order valence-electron chi connectivity index (χ3n) is 6.05. The van der Waals surface area contributed by atoms with Crippen molar-refractivity contribution in [3.63, 3.8) is 0 Å². The first-order chi connectivity index (χ1) is 19.8. The Morgan fingerprint density at radius 1 is 0.905 bits per heavy atom. The zero-order valence-electron chi connectivity index (χ0n) is 22.5. The van der Waals surface area contributed by atoms with Crippen LogP contribution < -0.4 is 32.7 Å². The van der Waals surface area contributed by atoms with Crippen LogP contribution >= 0.6 is 0 Å². The van der Waals surface area contributed by atoms with Gasteiger partial charge in [0.15, 0.2) is 17.0 Å². The van der Waals surface area contributed by atoms with E-state index in [0.29, 0.717) is 23.4 Å². The highest BCUT2D eigenvalue weighted by Gasteiger charge is 2.24. The van der Waals surface area contributed by atoms with Crippen LogP contribution in [-0.4, -0.2) is 78.9 Å². The summed E-state index contributed by atoms with van der Waals surface area (Å²) in [6.07, 6.45) is 0.379. The Morgan fingerprint density at radius 2 is 1.52 bits per heavy atom. The smallest absolute Gasteiger partial charge is 0.326 e. The number of carbonyl (C=O) groups excluding carboxylic acids is 3. The lowest BCUT2D eigenvalue weighted by atomic mass is 10.1. The molecule has 3 rings (SSSR count). The number of carbonyl (C=O) groups is 5. The minimum absolute atomic E-state index is 0.00828. The molecule has 0 fully saturated rings. The second-order valence-electron chi connectivity index (χ2n) is 9.27. The van der Waals surface area contributed by atoms with Gasteiger partial charge in [0.2, 0.25) is 17.8 Å². The van der Waals surface area contributed by atoms with E-state index < -0.39 is 41.7 Å². The molecule has 0 saturated carbocycles. The topological polar surface area (TPSA) is 283 Å². The summed E-state index contributed by atoms with van der Waals surface area (Å²) in [6.45, 7) is 0.326. The van der Waals surface area contributed by atoms with E-state index in [-0.39, 0.29) is 48.7 Å². The Labute approximate surface area is 238 Å². The van der Waals surface area contributed by atoms with Crippen molar-refractivity contribution in [3.8, 4) is 0 Å². The predicted molar refractivity (Wildman–Crippen MR) is 149 cm³/mol. The van der Waals surface area contributed by atoms with E-state index in [1.54, 1.807) is 19.2 Å².